The van der Waals surface area contributed by atoms with Crippen LogP contribution in [0.5, 0.6) is 0 Å². The zero-order chi connectivity index (χ0) is 18.0. The highest BCUT2D eigenvalue weighted by Gasteiger charge is 2.32. The van der Waals surface area contributed by atoms with Gasteiger partial charge in [-0.25, -0.2) is 8.42 Å². The first kappa shape index (κ1) is 17.9. The molecule has 3 rings (SSSR count). The summed E-state index contributed by atoms with van der Waals surface area (Å²) in [5, 5.41) is 4.41. The highest BCUT2D eigenvalue weighted by atomic mass is 35.5. The molecular weight excluding hydrogens is 366 g/mol. The van der Waals surface area contributed by atoms with Gasteiger partial charge in [-0.2, -0.15) is 4.98 Å². The number of hydrogen-bond donors (Lipinski definition) is 0. The van der Waals surface area contributed by atoms with Gasteiger partial charge in [0, 0.05) is 31.5 Å². The first-order valence-electron chi connectivity index (χ1n) is 7.89. The van der Waals surface area contributed by atoms with Crippen LogP contribution >= 0.6 is 11.6 Å². The van der Waals surface area contributed by atoms with Crippen molar-refractivity contribution in [2.24, 2.45) is 0 Å². The summed E-state index contributed by atoms with van der Waals surface area (Å²) in [5.74, 6) is 0.755. The molecule has 2 aromatic rings. The molecular formula is C16H18ClN3O4S. The minimum absolute atomic E-state index is 0.0342. The second-order valence-corrected chi connectivity index (χ2v) is 8.69. The van der Waals surface area contributed by atoms with Crippen molar-refractivity contribution in [3.63, 3.8) is 0 Å². The van der Waals surface area contributed by atoms with Crippen molar-refractivity contribution in [1.82, 2.24) is 15.0 Å². The number of rotatable bonds is 5. The van der Waals surface area contributed by atoms with E-state index in [-0.39, 0.29) is 29.9 Å². The van der Waals surface area contributed by atoms with Gasteiger partial charge in [0.05, 0.1) is 16.5 Å². The van der Waals surface area contributed by atoms with E-state index in [9.17, 15) is 13.2 Å². The van der Waals surface area contributed by atoms with Crippen molar-refractivity contribution in [1.29, 1.82) is 0 Å². The maximum Gasteiger partial charge on any atom is 0.227 e. The van der Waals surface area contributed by atoms with Gasteiger partial charge >= 0.3 is 0 Å². The Bertz CT molecular complexity index is 881. The molecule has 0 bridgehead atoms. The van der Waals surface area contributed by atoms with Crippen LogP contribution < -0.4 is 0 Å². The summed E-state index contributed by atoms with van der Waals surface area (Å²) in [6.45, 7) is 0. The Morgan fingerprint density at radius 1 is 1.40 bits per heavy atom. The van der Waals surface area contributed by atoms with E-state index in [1.807, 2.05) is 12.1 Å². The minimum Gasteiger partial charge on any atom is -0.342 e. The fourth-order valence-electron chi connectivity index (χ4n) is 2.78. The molecule has 0 radical (unpaired) electrons. The number of aromatic nitrogens is 2. The van der Waals surface area contributed by atoms with E-state index in [0.717, 1.165) is 0 Å². The van der Waals surface area contributed by atoms with Crippen LogP contribution in [0.1, 0.15) is 18.7 Å². The van der Waals surface area contributed by atoms with Crippen molar-refractivity contribution in [3.8, 4) is 11.4 Å². The number of halogens is 1. The lowest BCUT2D eigenvalue weighted by molar-refractivity contribution is -0.131. The maximum atomic E-state index is 12.3. The molecule has 1 amide bonds. The third-order valence-electron chi connectivity index (χ3n) is 4.29. The van der Waals surface area contributed by atoms with Crippen molar-refractivity contribution in [3.05, 3.63) is 35.2 Å². The molecule has 1 atom stereocenters. The summed E-state index contributed by atoms with van der Waals surface area (Å²) in [6.07, 6.45) is 0.957. The molecule has 25 heavy (non-hydrogen) atoms. The number of benzene rings is 1. The predicted molar refractivity (Wildman–Crippen MR) is 92.9 cm³/mol. The average molecular weight is 384 g/mol. The lowest BCUT2D eigenvalue weighted by Gasteiger charge is -2.23. The number of carbonyl (C=O) groups excluding carboxylic acids is 1. The van der Waals surface area contributed by atoms with Crippen molar-refractivity contribution < 1.29 is 17.7 Å². The van der Waals surface area contributed by atoms with Gasteiger partial charge in [0.15, 0.2) is 9.84 Å². The Balaban J connectivity index is 1.59. The quantitative estimate of drug-likeness (QED) is 0.783. The summed E-state index contributed by atoms with van der Waals surface area (Å²) in [4.78, 5) is 18.0. The topological polar surface area (TPSA) is 93.4 Å². The van der Waals surface area contributed by atoms with Gasteiger partial charge in [0.25, 0.3) is 0 Å². The van der Waals surface area contributed by atoms with Crippen molar-refractivity contribution >= 4 is 27.3 Å². The fourth-order valence-corrected chi connectivity index (χ4v) is 4.78. The number of amides is 1. The molecule has 1 aromatic carbocycles. The van der Waals surface area contributed by atoms with E-state index in [4.69, 9.17) is 16.1 Å². The largest absolute Gasteiger partial charge is 0.342 e. The highest BCUT2D eigenvalue weighted by molar-refractivity contribution is 7.91. The Morgan fingerprint density at radius 2 is 2.16 bits per heavy atom. The van der Waals surface area contributed by atoms with Crippen molar-refractivity contribution in [2.45, 2.75) is 25.3 Å². The smallest absolute Gasteiger partial charge is 0.227 e. The van der Waals surface area contributed by atoms with Crippen LogP contribution in [-0.4, -0.2) is 54.0 Å². The summed E-state index contributed by atoms with van der Waals surface area (Å²) in [6, 6.07) is 6.91. The molecule has 1 unspecified atom stereocenters. The lowest BCUT2D eigenvalue weighted by atomic mass is 10.2. The molecule has 9 heteroatoms. The second kappa shape index (κ2) is 7.13. The molecule has 1 aromatic heterocycles. The number of hydrogen-bond acceptors (Lipinski definition) is 6. The fraction of sp³-hybridized carbons (Fsp3) is 0.438. The zero-order valence-electron chi connectivity index (χ0n) is 13.7. The molecule has 0 aliphatic carbocycles. The average Bonchev–Trinajstić information content (AvgIpc) is 3.18. The Labute approximate surface area is 150 Å². The molecule has 1 aliphatic rings. The number of aryl methyl sites for hydroxylation is 1. The molecule has 2 heterocycles. The molecule has 1 saturated heterocycles. The second-order valence-electron chi connectivity index (χ2n) is 6.05. The molecule has 0 N–H and O–H groups in total. The van der Waals surface area contributed by atoms with E-state index in [1.165, 1.54) is 4.90 Å². The first-order valence-corrected chi connectivity index (χ1v) is 10.1. The van der Waals surface area contributed by atoms with Gasteiger partial charge in [-0.3, -0.25) is 4.79 Å². The number of sulfone groups is 1. The summed E-state index contributed by atoms with van der Waals surface area (Å²) >= 11 is 6.10. The SMILES string of the molecule is CN(C(=O)CCc1nc(-c2ccccc2Cl)no1)C1CCS(=O)(=O)C1. The van der Waals surface area contributed by atoms with Crippen LogP contribution in [-0.2, 0) is 21.1 Å². The van der Waals surface area contributed by atoms with E-state index < -0.39 is 9.84 Å². The van der Waals surface area contributed by atoms with Crippen LogP contribution in [0.4, 0.5) is 0 Å². The first-order chi connectivity index (χ1) is 11.9. The summed E-state index contributed by atoms with van der Waals surface area (Å²) in [5.41, 5.74) is 0.666. The van der Waals surface area contributed by atoms with Gasteiger partial charge in [0.1, 0.15) is 0 Å². The van der Waals surface area contributed by atoms with Gasteiger partial charge < -0.3 is 9.42 Å². The van der Waals surface area contributed by atoms with Crippen LogP contribution in [0.3, 0.4) is 0 Å². The predicted octanol–water partition coefficient (Wildman–Crippen LogP) is 1.97. The Kier molecular flexibility index (Phi) is 5.10. The van der Waals surface area contributed by atoms with Crippen LogP contribution in [0.2, 0.25) is 5.02 Å². The van der Waals surface area contributed by atoms with Crippen molar-refractivity contribution in [2.75, 3.05) is 18.6 Å². The molecule has 0 saturated carbocycles. The van der Waals surface area contributed by atoms with E-state index in [1.54, 1.807) is 19.2 Å². The standard InChI is InChI=1S/C16H18ClN3O4S/c1-20(11-8-9-25(22,23)10-11)15(21)7-6-14-18-16(19-24-14)12-4-2-3-5-13(12)17/h2-5,11H,6-10H2,1H3. The molecule has 1 fully saturated rings. The van der Waals surface area contributed by atoms with E-state index in [2.05, 4.69) is 10.1 Å². The maximum absolute atomic E-state index is 12.3. The number of nitrogens with zero attached hydrogens (tertiary/aromatic N) is 3. The molecule has 134 valence electrons. The third-order valence-corrected chi connectivity index (χ3v) is 6.37. The summed E-state index contributed by atoms with van der Waals surface area (Å²) < 4.78 is 28.2. The molecule has 1 aliphatic heterocycles. The van der Waals surface area contributed by atoms with Gasteiger partial charge in [-0.1, -0.05) is 28.9 Å². The van der Waals surface area contributed by atoms with E-state index >= 15 is 0 Å². The van der Waals surface area contributed by atoms with Crippen LogP contribution in [0, 0.1) is 0 Å². The Hall–Kier alpha value is -1.93. The minimum atomic E-state index is -3.02. The van der Waals surface area contributed by atoms with Gasteiger partial charge in [0.2, 0.25) is 17.6 Å². The Morgan fingerprint density at radius 3 is 2.84 bits per heavy atom. The highest BCUT2D eigenvalue weighted by Crippen LogP contribution is 2.25. The monoisotopic (exact) mass is 383 g/mol. The molecule has 0 spiro atoms. The number of carbonyl (C=O) groups is 1. The zero-order valence-corrected chi connectivity index (χ0v) is 15.3. The van der Waals surface area contributed by atoms with Gasteiger partial charge in [-0.15, -0.1) is 0 Å². The third kappa shape index (κ3) is 4.19. The van der Waals surface area contributed by atoms with Gasteiger partial charge in [-0.05, 0) is 18.6 Å². The molecule has 7 nitrogen and oxygen atoms in total. The summed E-state index contributed by atoms with van der Waals surface area (Å²) in [7, 11) is -1.38. The lowest BCUT2D eigenvalue weighted by Crippen LogP contribution is -2.37. The van der Waals surface area contributed by atoms with Crippen LogP contribution in [0.15, 0.2) is 28.8 Å². The van der Waals surface area contributed by atoms with Crippen LogP contribution in [0.25, 0.3) is 11.4 Å². The van der Waals surface area contributed by atoms with E-state index in [0.29, 0.717) is 35.1 Å². The normalized spacial score (nSPS) is 19.0.